The van der Waals surface area contributed by atoms with E-state index in [4.69, 9.17) is 12.2 Å². The molecule has 0 saturated heterocycles. The van der Waals surface area contributed by atoms with Crippen LogP contribution in [-0.2, 0) is 0 Å². The fourth-order valence-corrected chi connectivity index (χ4v) is 2.50. The van der Waals surface area contributed by atoms with Crippen molar-refractivity contribution < 1.29 is 13.5 Å². The zero-order chi connectivity index (χ0) is 19.2. The number of nitrogens with one attached hydrogen (secondary N) is 3. The van der Waals surface area contributed by atoms with Crippen molar-refractivity contribution in [2.75, 3.05) is 17.2 Å². The maximum absolute atomic E-state index is 12.3. The molecule has 0 spiro atoms. The molecular formula is C17H16F2N6OS. The number of pyridine rings is 1. The summed E-state index contributed by atoms with van der Waals surface area (Å²) in [6.07, 6.45) is 1.56. The van der Waals surface area contributed by atoms with Crippen LogP contribution in [-0.4, -0.2) is 33.2 Å². The molecule has 2 heterocycles. The van der Waals surface area contributed by atoms with Gasteiger partial charge >= 0.3 is 6.61 Å². The Morgan fingerprint density at radius 3 is 2.78 bits per heavy atom. The summed E-state index contributed by atoms with van der Waals surface area (Å²) < 4.78 is 29.1. The zero-order valence-corrected chi connectivity index (χ0v) is 15.1. The fourth-order valence-electron chi connectivity index (χ4n) is 2.25. The van der Waals surface area contributed by atoms with Crippen LogP contribution in [0.15, 0.2) is 42.6 Å². The van der Waals surface area contributed by atoms with Crippen LogP contribution >= 0.6 is 12.2 Å². The number of hydrogen-bond donors (Lipinski definition) is 3. The van der Waals surface area contributed by atoms with Gasteiger partial charge in [0.05, 0.1) is 6.20 Å². The molecule has 0 aliphatic carbocycles. The lowest BCUT2D eigenvalue weighted by Gasteiger charge is -2.10. The van der Waals surface area contributed by atoms with Crippen LogP contribution in [0.4, 0.5) is 26.1 Å². The number of benzene rings is 1. The van der Waals surface area contributed by atoms with Crippen molar-refractivity contribution in [3.05, 3.63) is 42.6 Å². The second kappa shape index (κ2) is 8.49. The van der Waals surface area contributed by atoms with Crippen LogP contribution in [0.25, 0.3) is 11.2 Å². The molecule has 0 saturated carbocycles. The molecule has 1 aromatic carbocycles. The summed E-state index contributed by atoms with van der Waals surface area (Å²) in [5.74, 6) is 1.00. The molecular weight excluding hydrogens is 374 g/mol. The second-order valence-corrected chi connectivity index (χ2v) is 5.72. The van der Waals surface area contributed by atoms with Gasteiger partial charge in [-0.3, -0.25) is 0 Å². The molecule has 0 atom stereocenters. The van der Waals surface area contributed by atoms with E-state index in [-0.39, 0.29) is 5.75 Å². The second-order valence-electron chi connectivity index (χ2n) is 5.31. The van der Waals surface area contributed by atoms with E-state index in [9.17, 15) is 8.78 Å². The summed E-state index contributed by atoms with van der Waals surface area (Å²) in [5.41, 5.74) is 1.56. The molecule has 3 N–H and O–H groups in total. The predicted octanol–water partition coefficient (Wildman–Crippen LogP) is 3.68. The van der Waals surface area contributed by atoms with Crippen LogP contribution in [0, 0.1) is 0 Å². The third-order valence-electron chi connectivity index (χ3n) is 3.32. The average molecular weight is 390 g/mol. The number of ether oxygens (including phenoxy) is 1. The van der Waals surface area contributed by atoms with Crippen molar-refractivity contribution in [1.29, 1.82) is 0 Å². The monoisotopic (exact) mass is 390 g/mol. The maximum Gasteiger partial charge on any atom is 0.387 e. The number of hydrogen-bond acceptors (Lipinski definition) is 6. The predicted molar refractivity (Wildman–Crippen MR) is 104 cm³/mol. The Bertz CT molecular complexity index is 956. The van der Waals surface area contributed by atoms with Gasteiger partial charge in [0, 0.05) is 18.3 Å². The first-order chi connectivity index (χ1) is 13.0. The van der Waals surface area contributed by atoms with Crippen molar-refractivity contribution in [1.82, 2.24) is 20.3 Å². The molecule has 7 nitrogen and oxygen atoms in total. The summed E-state index contributed by atoms with van der Waals surface area (Å²) in [5, 5.41) is 9.36. The Labute approximate surface area is 159 Å². The first-order valence-corrected chi connectivity index (χ1v) is 8.45. The molecule has 0 fully saturated rings. The molecule has 27 heavy (non-hydrogen) atoms. The fraction of sp³-hybridized carbons (Fsp3) is 0.176. The normalized spacial score (nSPS) is 10.7. The van der Waals surface area contributed by atoms with Gasteiger partial charge in [0.25, 0.3) is 0 Å². The highest BCUT2D eigenvalue weighted by atomic mass is 32.1. The van der Waals surface area contributed by atoms with Crippen LogP contribution in [0.5, 0.6) is 5.75 Å². The van der Waals surface area contributed by atoms with Gasteiger partial charge in [-0.1, -0.05) is 6.07 Å². The largest absolute Gasteiger partial charge is 0.435 e. The van der Waals surface area contributed by atoms with Gasteiger partial charge < -0.3 is 20.7 Å². The van der Waals surface area contributed by atoms with E-state index in [1.807, 2.05) is 6.92 Å². The average Bonchev–Trinajstić information content (AvgIpc) is 2.61. The number of halogens is 2. The van der Waals surface area contributed by atoms with Gasteiger partial charge in [0.1, 0.15) is 17.1 Å². The lowest BCUT2D eigenvalue weighted by molar-refractivity contribution is -0.0497. The minimum absolute atomic E-state index is 0.0546. The number of anilines is 3. The summed E-state index contributed by atoms with van der Waals surface area (Å²) in [4.78, 5) is 13.1. The molecule has 10 heteroatoms. The Kier molecular flexibility index (Phi) is 5.87. The lowest BCUT2D eigenvalue weighted by atomic mass is 10.3. The zero-order valence-electron chi connectivity index (χ0n) is 14.2. The standard InChI is InChI=1S/C17H16F2N6OS/c1-2-20-17(27)25-14-9-21-12-6-7-13(23-15(12)24-14)22-10-4-3-5-11(8-10)26-16(18)19/h3-9,16H,2H2,1H3,(H3,20,22,23,24,25,27). The molecule has 0 bridgehead atoms. The van der Waals surface area contributed by atoms with E-state index in [0.717, 1.165) is 0 Å². The van der Waals surface area contributed by atoms with Gasteiger partial charge in [-0.2, -0.15) is 8.78 Å². The Balaban J connectivity index is 1.80. The highest BCUT2D eigenvalue weighted by molar-refractivity contribution is 7.80. The molecule has 0 unspecified atom stereocenters. The Hall–Kier alpha value is -3.14. The molecule has 140 valence electrons. The smallest absolute Gasteiger partial charge is 0.387 e. The number of fused-ring (bicyclic) bond motifs is 1. The topological polar surface area (TPSA) is 84.0 Å². The van der Waals surface area contributed by atoms with Crippen molar-refractivity contribution in [2.24, 2.45) is 0 Å². The summed E-state index contributed by atoms with van der Waals surface area (Å²) in [6, 6.07) is 9.68. The van der Waals surface area contributed by atoms with Crippen LogP contribution in [0.2, 0.25) is 0 Å². The van der Waals surface area contributed by atoms with Crippen molar-refractivity contribution in [3.63, 3.8) is 0 Å². The number of alkyl halides is 2. The third-order valence-corrected chi connectivity index (χ3v) is 3.56. The SMILES string of the molecule is CCNC(=S)Nc1cnc2ccc(Nc3cccc(OC(F)F)c3)nc2n1. The highest BCUT2D eigenvalue weighted by Crippen LogP contribution is 2.23. The van der Waals surface area contributed by atoms with Gasteiger partial charge in [-0.15, -0.1) is 0 Å². The Morgan fingerprint density at radius 2 is 2.00 bits per heavy atom. The van der Waals surface area contributed by atoms with E-state index >= 15 is 0 Å². The molecule has 0 aliphatic heterocycles. The van der Waals surface area contributed by atoms with Gasteiger partial charge in [0.2, 0.25) is 0 Å². The van der Waals surface area contributed by atoms with Crippen molar-refractivity contribution in [2.45, 2.75) is 13.5 Å². The Morgan fingerprint density at radius 1 is 1.19 bits per heavy atom. The molecule has 0 aliphatic rings. The number of nitrogens with zero attached hydrogens (tertiary/aromatic N) is 3. The van der Waals surface area contributed by atoms with E-state index in [1.165, 1.54) is 12.1 Å². The first kappa shape index (κ1) is 18.6. The van der Waals surface area contributed by atoms with E-state index in [2.05, 4.69) is 35.6 Å². The highest BCUT2D eigenvalue weighted by Gasteiger charge is 2.07. The molecule has 0 amide bonds. The van der Waals surface area contributed by atoms with Gasteiger partial charge in [-0.05, 0) is 43.4 Å². The van der Waals surface area contributed by atoms with E-state index < -0.39 is 6.61 Å². The van der Waals surface area contributed by atoms with E-state index in [0.29, 0.717) is 40.1 Å². The quantitative estimate of drug-likeness (QED) is 0.550. The van der Waals surface area contributed by atoms with Crippen LogP contribution in [0.3, 0.4) is 0 Å². The maximum atomic E-state index is 12.3. The molecule has 3 aromatic rings. The summed E-state index contributed by atoms with van der Waals surface area (Å²) >= 11 is 5.12. The number of aromatic nitrogens is 3. The van der Waals surface area contributed by atoms with Crippen molar-refractivity contribution >= 4 is 45.8 Å². The summed E-state index contributed by atoms with van der Waals surface area (Å²) in [6.45, 7) is -0.262. The molecule has 3 rings (SSSR count). The lowest BCUT2D eigenvalue weighted by Crippen LogP contribution is -2.28. The number of thiocarbonyl (C=S) groups is 1. The molecule has 2 aromatic heterocycles. The first-order valence-electron chi connectivity index (χ1n) is 8.04. The molecule has 0 radical (unpaired) electrons. The van der Waals surface area contributed by atoms with E-state index in [1.54, 1.807) is 30.5 Å². The summed E-state index contributed by atoms with van der Waals surface area (Å²) in [7, 11) is 0. The third kappa shape index (κ3) is 5.17. The van der Waals surface area contributed by atoms with Crippen LogP contribution in [0.1, 0.15) is 6.92 Å². The van der Waals surface area contributed by atoms with Gasteiger partial charge in [0.15, 0.2) is 16.6 Å². The number of rotatable bonds is 6. The van der Waals surface area contributed by atoms with Crippen LogP contribution < -0.4 is 20.7 Å². The minimum atomic E-state index is -2.88. The van der Waals surface area contributed by atoms with Crippen molar-refractivity contribution in [3.8, 4) is 5.75 Å². The van der Waals surface area contributed by atoms with Gasteiger partial charge in [-0.25, -0.2) is 15.0 Å². The minimum Gasteiger partial charge on any atom is -0.435 e.